The molecule has 0 unspecified atom stereocenters. The Morgan fingerprint density at radius 2 is 2.08 bits per heavy atom. The molecule has 8 heteroatoms. The van der Waals surface area contributed by atoms with E-state index >= 15 is 0 Å². The van der Waals surface area contributed by atoms with E-state index in [1.54, 1.807) is 6.07 Å². The maximum absolute atomic E-state index is 13.7. The third kappa shape index (κ3) is 3.71. The predicted molar refractivity (Wildman–Crippen MR) is 93.9 cm³/mol. The third-order valence-electron chi connectivity index (χ3n) is 4.76. The van der Waals surface area contributed by atoms with Crippen LogP contribution in [-0.2, 0) is 14.8 Å². The summed E-state index contributed by atoms with van der Waals surface area (Å²) < 4.78 is 45.6. The molecule has 6 nitrogen and oxygen atoms in total. The van der Waals surface area contributed by atoms with Gasteiger partial charge in [-0.05, 0) is 43.5 Å². The molecule has 1 aromatic carbocycles. The van der Waals surface area contributed by atoms with E-state index in [4.69, 9.17) is 4.74 Å². The summed E-state index contributed by atoms with van der Waals surface area (Å²) in [4.78, 5) is 17.2. The van der Waals surface area contributed by atoms with E-state index in [1.165, 1.54) is 18.2 Å². The first kappa shape index (κ1) is 17.4. The van der Waals surface area contributed by atoms with Crippen molar-refractivity contribution >= 4 is 26.8 Å². The number of ether oxygens (including phenoxy) is 1. The second kappa shape index (κ2) is 6.59. The van der Waals surface area contributed by atoms with Crippen LogP contribution in [0.15, 0.2) is 24.3 Å². The largest absolute Gasteiger partial charge is 0.381 e. The Morgan fingerprint density at radius 3 is 2.77 bits per heavy atom. The molecule has 1 saturated heterocycles. The van der Waals surface area contributed by atoms with Crippen LogP contribution >= 0.6 is 0 Å². The zero-order chi connectivity index (χ0) is 18.3. The smallest absolute Gasteiger partial charge is 0.265 e. The molecule has 2 fully saturated rings. The number of hydrogen-bond donors (Lipinski definition) is 1. The van der Waals surface area contributed by atoms with Crippen LogP contribution in [-0.4, -0.2) is 38.3 Å². The summed E-state index contributed by atoms with van der Waals surface area (Å²) in [6.07, 6.45) is 2.63. The average Bonchev–Trinajstić information content (AvgIpc) is 3.31. The first-order valence-corrected chi connectivity index (χ1v) is 10.3. The Bertz CT molecular complexity index is 967. The molecule has 138 valence electrons. The van der Waals surface area contributed by atoms with Crippen molar-refractivity contribution in [3.63, 3.8) is 0 Å². The van der Waals surface area contributed by atoms with E-state index in [2.05, 4.69) is 9.71 Å². The second-order valence-electron chi connectivity index (χ2n) is 6.97. The maximum Gasteiger partial charge on any atom is 0.265 e. The lowest BCUT2D eigenvalue weighted by Gasteiger charge is -2.12. The van der Waals surface area contributed by atoms with E-state index in [0.717, 1.165) is 18.5 Å². The fourth-order valence-electron chi connectivity index (χ4n) is 3.26. The van der Waals surface area contributed by atoms with Crippen molar-refractivity contribution in [3.05, 3.63) is 41.3 Å². The van der Waals surface area contributed by atoms with E-state index in [1.807, 2.05) is 0 Å². The topological polar surface area (TPSA) is 85.4 Å². The Hall–Kier alpha value is -2.06. The first-order chi connectivity index (χ1) is 12.4. The van der Waals surface area contributed by atoms with Gasteiger partial charge in [0.2, 0.25) is 10.0 Å². The molecular formula is C18H19FN2O4S. The average molecular weight is 378 g/mol. The van der Waals surface area contributed by atoms with Gasteiger partial charge in [0.05, 0.1) is 23.4 Å². The van der Waals surface area contributed by atoms with Crippen LogP contribution < -0.4 is 4.72 Å². The molecule has 1 N–H and O–H groups in total. The van der Waals surface area contributed by atoms with Crippen LogP contribution in [0.4, 0.5) is 4.39 Å². The van der Waals surface area contributed by atoms with Gasteiger partial charge in [0, 0.05) is 29.5 Å². The molecule has 0 spiro atoms. The fraction of sp³-hybridized carbons (Fsp3) is 0.444. The highest BCUT2D eigenvalue weighted by Gasteiger charge is 2.29. The van der Waals surface area contributed by atoms with Gasteiger partial charge < -0.3 is 4.74 Å². The zero-order valence-corrected chi connectivity index (χ0v) is 14.9. The number of aromatic nitrogens is 1. The van der Waals surface area contributed by atoms with Gasteiger partial charge in [0.25, 0.3) is 5.91 Å². The minimum absolute atomic E-state index is 0.117. The molecule has 0 radical (unpaired) electrons. The van der Waals surface area contributed by atoms with Crippen molar-refractivity contribution in [2.45, 2.75) is 25.2 Å². The number of rotatable bonds is 5. The minimum Gasteiger partial charge on any atom is -0.381 e. The number of sulfonamides is 1. The SMILES string of the molecule is O=C(NS(=O)(=O)C[C@@H]1CCOC1)c1cc(C2CC2)nc2ccc(F)cc12. The molecule has 2 heterocycles. The molecule has 1 aliphatic carbocycles. The Morgan fingerprint density at radius 1 is 1.27 bits per heavy atom. The molecule has 1 saturated carbocycles. The monoisotopic (exact) mass is 378 g/mol. The molecule has 1 aliphatic heterocycles. The normalized spacial score (nSPS) is 20.4. The summed E-state index contributed by atoms with van der Waals surface area (Å²) in [5.74, 6) is -1.24. The van der Waals surface area contributed by atoms with Crippen LogP contribution in [0.2, 0.25) is 0 Å². The summed E-state index contributed by atoms with van der Waals surface area (Å²) in [6, 6.07) is 5.59. The molecule has 4 rings (SSSR count). The van der Waals surface area contributed by atoms with Gasteiger partial charge in [-0.15, -0.1) is 0 Å². The summed E-state index contributed by atoms with van der Waals surface area (Å²) >= 11 is 0. The lowest BCUT2D eigenvalue weighted by atomic mass is 10.1. The number of carbonyl (C=O) groups is 1. The van der Waals surface area contributed by atoms with Crippen molar-refractivity contribution in [2.75, 3.05) is 19.0 Å². The number of fused-ring (bicyclic) bond motifs is 1. The van der Waals surface area contributed by atoms with Gasteiger partial charge in [-0.3, -0.25) is 9.78 Å². The maximum atomic E-state index is 13.7. The van der Waals surface area contributed by atoms with Gasteiger partial charge in [0.1, 0.15) is 5.82 Å². The first-order valence-electron chi connectivity index (χ1n) is 8.64. The van der Waals surface area contributed by atoms with Crippen LogP contribution in [0.3, 0.4) is 0 Å². The highest BCUT2D eigenvalue weighted by Crippen LogP contribution is 2.40. The van der Waals surface area contributed by atoms with Crippen LogP contribution in [0.1, 0.15) is 41.2 Å². The summed E-state index contributed by atoms with van der Waals surface area (Å²) in [7, 11) is -3.80. The number of amides is 1. The Labute approximate surface area is 150 Å². The van der Waals surface area contributed by atoms with E-state index in [9.17, 15) is 17.6 Å². The van der Waals surface area contributed by atoms with Crippen molar-refractivity contribution in [1.82, 2.24) is 9.71 Å². The van der Waals surface area contributed by atoms with Crippen molar-refractivity contribution in [1.29, 1.82) is 0 Å². The molecule has 2 aromatic rings. The van der Waals surface area contributed by atoms with E-state index < -0.39 is 21.7 Å². The van der Waals surface area contributed by atoms with Gasteiger partial charge in [-0.2, -0.15) is 0 Å². The second-order valence-corrected chi connectivity index (χ2v) is 8.74. The highest BCUT2D eigenvalue weighted by molar-refractivity contribution is 7.90. The lowest BCUT2D eigenvalue weighted by Crippen LogP contribution is -2.35. The summed E-state index contributed by atoms with van der Waals surface area (Å²) in [6.45, 7) is 0.914. The van der Waals surface area contributed by atoms with Gasteiger partial charge in [-0.25, -0.2) is 17.5 Å². The van der Waals surface area contributed by atoms with E-state index in [0.29, 0.717) is 30.5 Å². The number of halogens is 1. The molecule has 0 bridgehead atoms. The Balaban J connectivity index is 1.65. The quantitative estimate of drug-likeness (QED) is 0.863. The standard InChI is InChI=1S/C18H19FN2O4S/c19-13-3-4-16-14(7-13)15(8-17(20-16)12-1-2-12)18(22)21-26(23,24)10-11-5-6-25-9-11/h3-4,7-8,11-12H,1-2,5-6,9-10H2,(H,21,22)/t11-/m1/s1. The van der Waals surface area contributed by atoms with Gasteiger partial charge in [-0.1, -0.05) is 0 Å². The summed E-state index contributed by atoms with van der Waals surface area (Å²) in [5, 5.41) is 0.311. The number of nitrogens with one attached hydrogen (secondary N) is 1. The van der Waals surface area contributed by atoms with E-state index in [-0.39, 0.29) is 23.2 Å². The molecule has 1 aromatic heterocycles. The number of hydrogen-bond acceptors (Lipinski definition) is 5. The zero-order valence-electron chi connectivity index (χ0n) is 14.1. The number of carbonyl (C=O) groups excluding carboxylic acids is 1. The molecule has 2 aliphatic rings. The molecule has 1 atom stereocenters. The minimum atomic E-state index is -3.80. The summed E-state index contributed by atoms with van der Waals surface area (Å²) in [5.41, 5.74) is 1.38. The molecule has 1 amide bonds. The highest BCUT2D eigenvalue weighted by atomic mass is 32.2. The van der Waals surface area contributed by atoms with Crippen LogP contribution in [0.25, 0.3) is 10.9 Å². The number of benzene rings is 1. The van der Waals surface area contributed by atoms with Crippen LogP contribution in [0.5, 0.6) is 0 Å². The lowest BCUT2D eigenvalue weighted by molar-refractivity contribution is 0.0982. The molecular weight excluding hydrogens is 359 g/mol. The third-order valence-corrected chi connectivity index (χ3v) is 6.16. The fourth-order valence-corrected chi connectivity index (χ4v) is 4.62. The van der Waals surface area contributed by atoms with Gasteiger partial charge >= 0.3 is 0 Å². The predicted octanol–water partition coefficient (Wildman–Crippen LogP) is 2.35. The number of nitrogens with zero attached hydrogens (tertiary/aromatic N) is 1. The molecule has 26 heavy (non-hydrogen) atoms. The Kier molecular flexibility index (Phi) is 4.40. The van der Waals surface area contributed by atoms with Crippen molar-refractivity contribution in [3.8, 4) is 0 Å². The van der Waals surface area contributed by atoms with Crippen molar-refractivity contribution < 1.29 is 22.3 Å². The van der Waals surface area contributed by atoms with Crippen molar-refractivity contribution in [2.24, 2.45) is 5.92 Å². The van der Waals surface area contributed by atoms with Gasteiger partial charge in [0.15, 0.2) is 0 Å². The number of pyridine rings is 1. The van der Waals surface area contributed by atoms with Crippen LogP contribution in [0, 0.1) is 11.7 Å².